The number of carbonyl (C=O) groups is 1. The third-order valence-electron chi connectivity index (χ3n) is 3.82. The number of nitrogens with zero attached hydrogens (tertiary/aromatic N) is 6. The van der Waals surface area contributed by atoms with E-state index in [0.717, 1.165) is 31.2 Å². The Labute approximate surface area is 140 Å². The number of fused-ring (bicyclic) bond motifs is 1. The number of amides is 1. The van der Waals surface area contributed by atoms with E-state index in [1.165, 1.54) is 33.4 Å². The molecule has 1 aliphatic carbocycles. The molecule has 0 atom stereocenters. The van der Waals surface area contributed by atoms with Crippen molar-refractivity contribution in [3.8, 4) is 5.95 Å². The van der Waals surface area contributed by atoms with Crippen LogP contribution >= 0.6 is 11.3 Å². The van der Waals surface area contributed by atoms with Gasteiger partial charge in [0.15, 0.2) is 0 Å². The molecule has 0 fully saturated rings. The Morgan fingerprint density at radius 2 is 2.12 bits per heavy atom. The van der Waals surface area contributed by atoms with Gasteiger partial charge in [-0.3, -0.25) is 14.5 Å². The fourth-order valence-electron chi connectivity index (χ4n) is 2.69. The van der Waals surface area contributed by atoms with Crippen molar-refractivity contribution in [1.82, 2.24) is 29.9 Å². The molecule has 4 rings (SSSR count). The summed E-state index contributed by atoms with van der Waals surface area (Å²) in [5.74, 6) is -0.0765. The standard InChI is InChI=1S/C14H12N8OS/c1-15-10-8-4-2-3-5-9(8)24-13(10)19-12(23)11-18-14(21-20-11)22-6-16-17-7-22/h6-7H,2-5H2,(H,19,23)(H,18,20,21). The Hall–Kier alpha value is -3.06. The maximum Gasteiger partial charge on any atom is 0.292 e. The SMILES string of the molecule is [C-]#[N+]c1c(NC(=O)c2nc(-n3cnnc3)n[nH]2)sc2c1CCCC2. The number of aromatic nitrogens is 6. The first kappa shape index (κ1) is 14.5. The van der Waals surface area contributed by atoms with Gasteiger partial charge in [-0.25, -0.2) is 4.85 Å². The Morgan fingerprint density at radius 1 is 1.33 bits per heavy atom. The van der Waals surface area contributed by atoms with Gasteiger partial charge in [0, 0.05) is 0 Å². The molecular formula is C14H12N8OS. The Morgan fingerprint density at radius 3 is 2.92 bits per heavy atom. The number of thiophene rings is 1. The molecular weight excluding hydrogens is 328 g/mol. The molecule has 9 nitrogen and oxygen atoms in total. The zero-order valence-corrected chi connectivity index (χ0v) is 13.3. The van der Waals surface area contributed by atoms with Gasteiger partial charge in [0.2, 0.25) is 11.5 Å². The molecule has 3 aromatic rings. The van der Waals surface area contributed by atoms with Crippen LogP contribution in [0.4, 0.5) is 10.7 Å². The molecule has 120 valence electrons. The van der Waals surface area contributed by atoms with Gasteiger partial charge in [-0.15, -0.1) is 26.6 Å². The molecule has 0 radical (unpaired) electrons. The average molecular weight is 340 g/mol. The van der Waals surface area contributed by atoms with E-state index in [2.05, 4.69) is 35.5 Å². The topological polar surface area (TPSA) is 106 Å². The number of H-pyrrole nitrogens is 1. The molecule has 0 bridgehead atoms. The van der Waals surface area contributed by atoms with Gasteiger partial charge >= 0.3 is 0 Å². The van der Waals surface area contributed by atoms with Crippen molar-refractivity contribution < 1.29 is 4.79 Å². The highest BCUT2D eigenvalue weighted by Crippen LogP contribution is 2.44. The molecule has 0 unspecified atom stereocenters. The van der Waals surface area contributed by atoms with Crippen molar-refractivity contribution in [1.29, 1.82) is 0 Å². The lowest BCUT2D eigenvalue weighted by Crippen LogP contribution is -2.13. The maximum absolute atomic E-state index is 12.4. The molecule has 1 aliphatic rings. The normalized spacial score (nSPS) is 13.3. The number of aryl methyl sites for hydroxylation is 1. The minimum atomic E-state index is -0.426. The van der Waals surface area contributed by atoms with Crippen LogP contribution in [0.15, 0.2) is 12.7 Å². The monoisotopic (exact) mass is 340 g/mol. The van der Waals surface area contributed by atoms with Gasteiger partial charge < -0.3 is 5.32 Å². The number of rotatable bonds is 3. The number of nitrogens with one attached hydrogen (secondary N) is 2. The minimum Gasteiger partial charge on any atom is -0.320 e. The summed E-state index contributed by atoms with van der Waals surface area (Å²) in [7, 11) is 0. The summed E-state index contributed by atoms with van der Waals surface area (Å²) in [6.07, 6.45) is 6.97. The molecule has 10 heteroatoms. The Bertz CT molecular complexity index is 933. The number of carbonyl (C=O) groups excluding carboxylic acids is 1. The van der Waals surface area contributed by atoms with Crippen molar-refractivity contribution in [2.75, 3.05) is 5.32 Å². The second kappa shape index (κ2) is 5.86. The van der Waals surface area contributed by atoms with Crippen LogP contribution in [0.1, 0.15) is 33.9 Å². The fraction of sp³-hybridized carbons (Fsp3) is 0.286. The van der Waals surface area contributed by atoms with Gasteiger partial charge in [0.1, 0.15) is 17.7 Å². The third-order valence-corrected chi connectivity index (χ3v) is 5.02. The van der Waals surface area contributed by atoms with Gasteiger partial charge in [0.05, 0.1) is 6.57 Å². The summed E-state index contributed by atoms with van der Waals surface area (Å²) in [5.41, 5.74) is 1.64. The van der Waals surface area contributed by atoms with Crippen molar-refractivity contribution in [2.24, 2.45) is 0 Å². The first-order chi connectivity index (χ1) is 11.8. The minimum absolute atomic E-state index is 0.0704. The number of hydrogen-bond acceptors (Lipinski definition) is 6. The number of hydrogen-bond donors (Lipinski definition) is 2. The van der Waals surface area contributed by atoms with E-state index in [-0.39, 0.29) is 11.8 Å². The van der Waals surface area contributed by atoms with E-state index in [1.807, 2.05) is 0 Å². The lowest BCUT2D eigenvalue weighted by Gasteiger charge is -2.09. The molecule has 2 N–H and O–H groups in total. The van der Waals surface area contributed by atoms with Crippen LogP contribution in [0, 0.1) is 6.57 Å². The Balaban J connectivity index is 1.59. The van der Waals surface area contributed by atoms with E-state index in [9.17, 15) is 4.79 Å². The highest BCUT2D eigenvalue weighted by molar-refractivity contribution is 7.17. The highest BCUT2D eigenvalue weighted by atomic mass is 32.1. The summed E-state index contributed by atoms with van der Waals surface area (Å²) in [4.78, 5) is 21.3. The second-order valence-electron chi connectivity index (χ2n) is 5.31. The third kappa shape index (κ3) is 2.44. The average Bonchev–Trinajstić information content (AvgIpc) is 3.33. The van der Waals surface area contributed by atoms with Crippen molar-refractivity contribution in [3.05, 3.63) is 40.3 Å². The van der Waals surface area contributed by atoms with E-state index >= 15 is 0 Å². The van der Waals surface area contributed by atoms with Crippen LogP contribution in [0.3, 0.4) is 0 Å². The van der Waals surface area contributed by atoms with Crippen LogP contribution in [-0.2, 0) is 12.8 Å². The van der Waals surface area contributed by atoms with E-state index in [1.54, 1.807) is 0 Å². The molecule has 0 spiro atoms. The first-order valence-corrected chi connectivity index (χ1v) is 8.18. The first-order valence-electron chi connectivity index (χ1n) is 7.37. The van der Waals surface area contributed by atoms with Gasteiger partial charge in [0.25, 0.3) is 11.9 Å². The summed E-state index contributed by atoms with van der Waals surface area (Å²) in [6.45, 7) is 7.42. The Kier molecular flexibility index (Phi) is 3.55. The molecule has 0 aliphatic heterocycles. The fourth-order valence-corrected chi connectivity index (χ4v) is 3.91. The molecule has 24 heavy (non-hydrogen) atoms. The molecule has 0 saturated heterocycles. The van der Waals surface area contributed by atoms with E-state index < -0.39 is 5.91 Å². The zero-order chi connectivity index (χ0) is 16.5. The van der Waals surface area contributed by atoms with Crippen LogP contribution < -0.4 is 5.32 Å². The van der Waals surface area contributed by atoms with Gasteiger partial charge in [-0.1, -0.05) is 6.42 Å². The summed E-state index contributed by atoms with van der Waals surface area (Å²) >= 11 is 1.48. The quantitative estimate of drug-likeness (QED) is 0.711. The van der Waals surface area contributed by atoms with Crippen LogP contribution in [-0.4, -0.2) is 35.9 Å². The van der Waals surface area contributed by atoms with Crippen molar-refractivity contribution >= 4 is 27.9 Å². The summed E-state index contributed by atoms with van der Waals surface area (Å²) in [6, 6.07) is 0. The van der Waals surface area contributed by atoms with Crippen LogP contribution in [0.2, 0.25) is 0 Å². The number of aromatic amines is 1. The zero-order valence-electron chi connectivity index (χ0n) is 12.5. The van der Waals surface area contributed by atoms with Crippen LogP contribution in [0.5, 0.6) is 0 Å². The molecule has 3 heterocycles. The predicted molar refractivity (Wildman–Crippen MR) is 86.5 cm³/mol. The largest absolute Gasteiger partial charge is 0.320 e. The van der Waals surface area contributed by atoms with Gasteiger partial charge in [-0.05, 0) is 29.7 Å². The van der Waals surface area contributed by atoms with Crippen molar-refractivity contribution in [3.63, 3.8) is 0 Å². The highest BCUT2D eigenvalue weighted by Gasteiger charge is 2.23. The van der Waals surface area contributed by atoms with Crippen LogP contribution in [0.25, 0.3) is 10.8 Å². The second-order valence-corrected chi connectivity index (χ2v) is 6.41. The molecule has 0 saturated carbocycles. The molecule has 1 amide bonds. The summed E-state index contributed by atoms with van der Waals surface area (Å²) < 4.78 is 1.49. The predicted octanol–water partition coefficient (Wildman–Crippen LogP) is 2.13. The lowest BCUT2D eigenvalue weighted by molar-refractivity contribution is 0.101. The lowest BCUT2D eigenvalue weighted by atomic mass is 9.98. The number of anilines is 1. The van der Waals surface area contributed by atoms with Crippen molar-refractivity contribution in [2.45, 2.75) is 25.7 Å². The smallest absolute Gasteiger partial charge is 0.292 e. The van der Waals surface area contributed by atoms with E-state index in [4.69, 9.17) is 6.57 Å². The van der Waals surface area contributed by atoms with E-state index in [0.29, 0.717) is 10.7 Å². The maximum atomic E-state index is 12.4. The van der Waals surface area contributed by atoms with Gasteiger partial charge in [-0.2, -0.15) is 4.98 Å². The molecule has 0 aromatic carbocycles. The summed E-state index contributed by atoms with van der Waals surface area (Å²) in [5, 5.41) is 17.3. The molecule has 3 aromatic heterocycles.